The molecule has 2 aromatic rings. The molecule has 1 fully saturated rings. The van der Waals surface area contributed by atoms with Crippen molar-refractivity contribution in [2.45, 2.75) is 31.7 Å². The summed E-state index contributed by atoms with van der Waals surface area (Å²) in [6.45, 7) is 1.78. The standard InChI is InChI=1S/C21H26N2O2S/c1-25-19-10-8-18(9-11-19)22-20(17-12-15-26-16-17)6-5-7-21(24)23-13-3-2-4-14-23/h5,7-12,15-16,20,22H,2-4,6,13-14H2,1H3/b7-5+/t20-/m1/s1. The van der Waals surface area contributed by atoms with Gasteiger partial charge in [-0.25, -0.2) is 0 Å². The lowest BCUT2D eigenvalue weighted by Gasteiger charge is -2.25. The van der Waals surface area contributed by atoms with Crippen molar-refractivity contribution in [1.82, 2.24) is 4.90 Å². The second-order valence-electron chi connectivity index (χ2n) is 6.51. The highest BCUT2D eigenvalue weighted by Crippen LogP contribution is 2.26. The third kappa shape index (κ3) is 5.11. The van der Waals surface area contributed by atoms with Crippen LogP contribution in [0.15, 0.2) is 53.2 Å². The van der Waals surface area contributed by atoms with Gasteiger partial charge in [-0.1, -0.05) is 6.08 Å². The first-order valence-electron chi connectivity index (χ1n) is 9.14. The number of nitrogens with zero attached hydrogens (tertiary/aromatic N) is 1. The molecule has 2 heterocycles. The third-order valence-electron chi connectivity index (χ3n) is 4.68. The van der Waals surface area contributed by atoms with Crippen LogP contribution in [-0.2, 0) is 4.79 Å². The van der Waals surface area contributed by atoms with Crippen LogP contribution in [0.3, 0.4) is 0 Å². The van der Waals surface area contributed by atoms with Gasteiger partial charge in [0.05, 0.1) is 13.2 Å². The number of benzene rings is 1. The van der Waals surface area contributed by atoms with E-state index >= 15 is 0 Å². The maximum Gasteiger partial charge on any atom is 0.246 e. The van der Waals surface area contributed by atoms with Gasteiger partial charge in [-0.2, -0.15) is 11.3 Å². The van der Waals surface area contributed by atoms with Crippen LogP contribution in [-0.4, -0.2) is 31.0 Å². The summed E-state index contributed by atoms with van der Waals surface area (Å²) in [7, 11) is 1.67. The number of piperidine rings is 1. The number of carbonyl (C=O) groups is 1. The third-order valence-corrected chi connectivity index (χ3v) is 5.38. The lowest BCUT2D eigenvalue weighted by Crippen LogP contribution is -2.34. The summed E-state index contributed by atoms with van der Waals surface area (Å²) in [5.41, 5.74) is 2.28. The van der Waals surface area contributed by atoms with Gasteiger partial charge in [0, 0.05) is 18.8 Å². The lowest BCUT2D eigenvalue weighted by molar-refractivity contribution is -0.126. The number of nitrogens with one attached hydrogen (secondary N) is 1. The van der Waals surface area contributed by atoms with E-state index in [0.29, 0.717) is 0 Å². The van der Waals surface area contributed by atoms with Crippen LogP contribution in [0, 0.1) is 0 Å². The minimum absolute atomic E-state index is 0.137. The predicted molar refractivity (Wildman–Crippen MR) is 108 cm³/mol. The van der Waals surface area contributed by atoms with Crippen molar-refractivity contribution < 1.29 is 9.53 Å². The smallest absolute Gasteiger partial charge is 0.246 e. The Bertz CT molecular complexity index is 704. The summed E-state index contributed by atoms with van der Waals surface area (Å²) in [4.78, 5) is 14.3. The van der Waals surface area contributed by atoms with Crippen molar-refractivity contribution in [3.05, 3.63) is 58.8 Å². The van der Waals surface area contributed by atoms with Crippen molar-refractivity contribution in [2.75, 3.05) is 25.5 Å². The number of hydrogen-bond acceptors (Lipinski definition) is 4. The maximum atomic E-state index is 12.3. The fourth-order valence-electron chi connectivity index (χ4n) is 3.16. The molecule has 1 aromatic carbocycles. The van der Waals surface area contributed by atoms with E-state index in [2.05, 4.69) is 22.1 Å². The second-order valence-corrected chi connectivity index (χ2v) is 7.29. The maximum absolute atomic E-state index is 12.3. The van der Waals surface area contributed by atoms with Gasteiger partial charge in [0.1, 0.15) is 5.75 Å². The van der Waals surface area contributed by atoms with E-state index in [0.717, 1.165) is 43.8 Å². The minimum Gasteiger partial charge on any atom is -0.497 e. The van der Waals surface area contributed by atoms with E-state index in [1.807, 2.05) is 35.2 Å². The minimum atomic E-state index is 0.137. The molecule has 1 saturated heterocycles. The van der Waals surface area contributed by atoms with Gasteiger partial charge in [0.25, 0.3) is 0 Å². The molecule has 26 heavy (non-hydrogen) atoms. The fraction of sp³-hybridized carbons (Fsp3) is 0.381. The summed E-state index contributed by atoms with van der Waals surface area (Å²) in [6, 6.07) is 10.2. The Morgan fingerprint density at radius 1 is 1.23 bits per heavy atom. The molecule has 4 nitrogen and oxygen atoms in total. The van der Waals surface area contributed by atoms with E-state index in [1.54, 1.807) is 24.5 Å². The Kier molecular flexibility index (Phi) is 6.72. The molecular formula is C21H26N2O2S. The van der Waals surface area contributed by atoms with Gasteiger partial charge < -0.3 is 15.0 Å². The summed E-state index contributed by atoms with van der Waals surface area (Å²) < 4.78 is 5.22. The summed E-state index contributed by atoms with van der Waals surface area (Å²) >= 11 is 1.69. The van der Waals surface area contributed by atoms with Crippen molar-refractivity contribution in [2.24, 2.45) is 0 Å². The molecule has 1 aliphatic heterocycles. The molecule has 0 saturated carbocycles. The summed E-state index contributed by atoms with van der Waals surface area (Å²) in [5.74, 6) is 0.980. The normalized spacial score (nSPS) is 15.8. The van der Waals surface area contributed by atoms with Crippen molar-refractivity contribution in [3.63, 3.8) is 0 Å². The molecule has 1 N–H and O–H groups in total. The molecule has 0 unspecified atom stereocenters. The van der Waals surface area contributed by atoms with Crippen LogP contribution in [0.25, 0.3) is 0 Å². The lowest BCUT2D eigenvalue weighted by atomic mass is 10.1. The van der Waals surface area contributed by atoms with Crippen molar-refractivity contribution in [3.8, 4) is 5.75 Å². The van der Waals surface area contributed by atoms with E-state index in [9.17, 15) is 4.79 Å². The molecule has 138 valence electrons. The van der Waals surface area contributed by atoms with Gasteiger partial charge in [-0.3, -0.25) is 4.79 Å². The van der Waals surface area contributed by atoms with E-state index in [1.165, 1.54) is 12.0 Å². The van der Waals surface area contributed by atoms with E-state index in [-0.39, 0.29) is 11.9 Å². The van der Waals surface area contributed by atoms with E-state index < -0.39 is 0 Å². The average molecular weight is 371 g/mol. The molecule has 1 amide bonds. The zero-order valence-electron chi connectivity index (χ0n) is 15.2. The number of anilines is 1. The van der Waals surface area contributed by atoms with Crippen molar-refractivity contribution >= 4 is 22.9 Å². The highest BCUT2D eigenvalue weighted by molar-refractivity contribution is 7.08. The molecule has 1 aromatic heterocycles. The highest BCUT2D eigenvalue weighted by atomic mass is 32.1. The fourth-order valence-corrected chi connectivity index (χ4v) is 3.88. The quantitative estimate of drug-likeness (QED) is 0.707. The second kappa shape index (κ2) is 9.43. The Morgan fingerprint density at radius 3 is 2.65 bits per heavy atom. The molecule has 1 atom stereocenters. The Balaban J connectivity index is 1.62. The Morgan fingerprint density at radius 2 is 2.00 bits per heavy atom. The molecule has 0 radical (unpaired) electrons. The van der Waals surface area contributed by atoms with Crippen LogP contribution in [0.5, 0.6) is 5.75 Å². The molecule has 5 heteroatoms. The van der Waals surface area contributed by atoms with Crippen LogP contribution in [0.4, 0.5) is 5.69 Å². The molecule has 1 aliphatic rings. The van der Waals surface area contributed by atoms with Crippen LogP contribution < -0.4 is 10.1 Å². The first-order valence-corrected chi connectivity index (χ1v) is 10.1. The van der Waals surface area contributed by atoms with Crippen LogP contribution >= 0.6 is 11.3 Å². The average Bonchev–Trinajstić information content (AvgIpc) is 3.23. The predicted octanol–water partition coefficient (Wildman–Crippen LogP) is 4.87. The zero-order chi connectivity index (χ0) is 18.2. The van der Waals surface area contributed by atoms with Gasteiger partial charge in [-0.15, -0.1) is 0 Å². The first kappa shape index (κ1) is 18.5. The topological polar surface area (TPSA) is 41.6 Å². The Hall–Kier alpha value is -2.27. The summed E-state index contributed by atoms with van der Waals surface area (Å²) in [6.07, 6.45) is 7.98. The molecule has 3 rings (SSSR count). The number of carbonyl (C=O) groups excluding carboxylic acids is 1. The van der Waals surface area contributed by atoms with Crippen LogP contribution in [0.2, 0.25) is 0 Å². The van der Waals surface area contributed by atoms with Crippen LogP contribution in [0.1, 0.15) is 37.3 Å². The first-order chi connectivity index (χ1) is 12.8. The Labute approximate surface area is 159 Å². The number of amides is 1. The molecular weight excluding hydrogens is 344 g/mol. The monoisotopic (exact) mass is 370 g/mol. The van der Waals surface area contributed by atoms with Gasteiger partial charge in [0.2, 0.25) is 5.91 Å². The largest absolute Gasteiger partial charge is 0.497 e. The number of likely N-dealkylation sites (tertiary alicyclic amines) is 1. The molecule has 0 spiro atoms. The number of hydrogen-bond donors (Lipinski definition) is 1. The SMILES string of the molecule is COc1ccc(N[C@H](C/C=C/C(=O)N2CCCCC2)c2ccsc2)cc1. The van der Waals surface area contributed by atoms with Crippen molar-refractivity contribution in [1.29, 1.82) is 0 Å². The van der Waals surface area contributed by atoms with Gasteiger partial charge in [0.15, 0.2) is 0 Å². The zero-order valence-corrected chi connectivity index (χ0v) is 16.0. The van der Waals surface area contributed by atoms with E-state index in [4.69, 9.17) is 4.74 Å². The number of rotatable bonds is 7. The van der Waals surface area contributed by atoms with Gasteiger partial charge >= 0.3 is 0 Å². The molecule has 0 bridgehead atoms. The highest BCUT2D eigenvalue weighted by Gasteiger charge is 2.15. The molecule has 0 aliphatic carbocycles. The summed E-state index contributed by atoms with van der Waals surface area (Å²) in [5, 5.41) is 7.80. The number of methoxy groups -OCH3 is 1. The number of ether oxygens (including phenoxy) is 1. The number of thiophene rings is 1. The van der Waals surface area contributed by atoms with Gasteiger partial charge in [-0.05, 0) is 78.4 Å².